The number of aliphatic hydroxyl groups is 1. The smallest absolute Gasteiger partial charge is 0.255 e. The first-order valence-corrected chi connectivity index (χ1v) is 6.47. The fourth-order valence-electron chi connectivity index (χ4n) is 1.71. The number of carbonyl (C=O) groups excluding carboxylic acids is 1. The van der Waals surface area contributed by atoms with Gasteiger partial charge in [-0.15, -0.1) is 0 Å². The lowest BCUT2D eigenvalue weighted by molar-refractivity contribution is 0.102. The number of aliphatic hydroxyl groups excluding tert-OH is 1. The lowest BCUT2D eigenvalue weighted by atomic mass is 10.1. The molecular weight excluding hydrogens is 290 g/mol. The molecule has 0 radical (unpaired) electrons. The average molecular weight is 302 g/mol. The van der Waals surface area contributed by atoms with Gasteiger partial charge in [0.05, 0.1) is 5.69 Å². The molecule has 1 amide bonds. The van der Waals surface area contributed by atoms with Gasteiger partial charge in [0.2, 0.25) is 0 Å². The van der Waals surface area contributed by atoms with E-state index in [0.29, 0.717) is 21.8 Å². The van der Waals surface area contributed by atoms with E-state index in [0.717, 1.165) is 0 Å². The predicted octanol–water partition coefficient (Wildman–Crippen LogP) is 2.64. The Morgan fingerprint density at radius 3 is 2.76 bits per heavy atom. The number of aromatic hydroxyl groups is 1. The van der Waals surface area contributed by atoms with E-state index in [2.05, 4.69) is 17.2 Å². The quantitative estimate of drug-likeness (QED) is 0.747. The summed E-state index contributed by atoms with van der Waals surface area (Å²) in [6.07, 6.45) is 0. The number of anilines is 1. The zero-order valence-electron chi connectivity index (χ0n) is 10.9. The molecule has 0 atom stereocenters. The molecule has 0 bridgehead atoms. The Labute approximate surface area is 127 Å². The van der Waals surface area contributed by atoms with E-state index in [-0.39, 0.29) is 18.3 Å². The third-order valence-electron chi connectivity index (χ3n) is 2.64. The van der Waals surface area contributed by atoms with Crippen LogP contribution in [0.5, 0.6) is 5.75 Å². The van der Waals surface area contributed by atoms with Gasteiger partial charge in [0.1, 0.15) is 12.4 Å². The zero-order chi connectivity index (χ0) is 15.2. The summed E-state index contributed by atoms with van der Waals surface area (Å²) < 4.78 is 0. The zero-order valence-corrected chi connectivity index (χ0v) is 11.7. The maximum atomic E-state index is 12.1. The summed E-state index contributed by atoms with van der Waals surface area (Å²) >= 11 is 5.89. The highest BCUT2D eigenvalue weighted by molar-refractivity contribution is 6.30. The van der Waals surface area contributed by atoms with Crippen molar-refractivity contribution in [3.05, 3.63) is 58.6 Å². The molecule has 5 heteroatoms. The summed E-state index contributed by atoms with van der Waals surface area (Å²) in [7, 11) is 0. The topological polar surface area (TPSA) is 69.6 Å². The lowest BCUT2D eigenvalue weighted by Gasteiger charge is -2.08. The summed E-state index contributed by atoms with van der Waals surface area (Å²) in [5.41, 5.74) is 1.31. The third kappa shape index (κ3) is 3.99. The molecule has 0 aliphatic heterocycles. The molecule has 0 heterocycles. The SMILES string of the molecule is O=C(Nc1ccc(Cl)cc1C#CCO)c1cccc(O)c1. The molecule has 2 rings (SSSR count). The Morgan fingerprint density at radius 1 is 1.24 bits per heavy atom. The fraction of sp³-hybridized carbons (Fsp3) is 0.0625. The van der Waals surface area contributed by atoms with Crippen LogP contribution in [0.4, 0.5) is 5.69 Å². The predicted molar refractivity (Wildman–Crippen MR) is 81.5 cm³/mol. The van der Waals surface area contributed by atoms with Crippen LogP contribution in [0.1, 0.15) is 15.9 Å². The van der Waals surface area contributed by atoms with Gasteiger partial charge in [-0.1, -0.05) is 29.5 Å². The second kappa shape index (κ2) is 6.80. The van der Waals surface area contributed by atoms with Crippen LogP contribution in [0.15, 0.2) is 42.5 Å². The number of benzene rings is 2. The van der Waals surface area contributed by atoms with Gasteiger partial charge in [-0.05, 0) is 36.4 Å². The number of hydrogen-bond acceptors (Lipinski definition) is 3. The van der Waals surface area contributed by atoms with Crippen molar-refractivity contribution in [3.8, 4) is 17.6 Å². The van der Waals surface area contributed by atoms with Crippen LogP contribution in [0.2, 0.25) is 5.02 Å². The van der Waals surface area contributed by atoms with Crippen LogP contribution in [-0.4, -0.2) is 22.7 Å². The molecule has 0 aliphatic rings. The van der Waals surface area contributed by atoms with E-state index in [1.54, 1.807) is 30.3 Å². The van der Waals surface area contributed by atoms with Crippen LogP contribution < -0.4 is 5.32 Å². The largest absolute Gasteiger partial charge is 0.508 e. The molecule has 0 aromatic heterocycles. The second-order valence-electron chi connectivity index (χ2n) is 4.15. The number of amides is 1. The maximum Gasteiger partial charge on any atom is 0.255 e. The fourth-order valence-corrected chi connectivity index (χ4v) is 1.88. The first kappa shape index (κ1) is 14.9. The first-order valence-electron chi connectivity index (χ1n) is 6.10. The number of carbonyl (C=O) groups is 1. The summed E-state index contributed by atoms with van der Waals surface area (Å²) in [6, 6.07) is 10.9. The van der Waals surface area contributed by atoms with Crippen LogP contribution in [0.3, 0.4) is 0 Å². The third-order valence-corrected chi connectivity index (χ3v) is 2.88. The summed E-state index contributed by atoms with van der Waals surface area (Å²) in [5, 5.41) is 21.3. The minimum Gasteiger partial charge on any atom is -0.508 e. The first-order chi connectivity index (χ1) is 10.1. The molecule has 2 aromatic carbocycles. The van der Waals surface area contributed by atoms with Gasteiger partial charge < -0.3 is 15.5 Å². The van der Waals surface area contributed by atoms with Crippen molar-refractivity contribution >= 4 is 23.2 Å². The Bertz CT molecular complexity index is 732. The molecule has 106 valence electrons. The summed E-state index contributed by atoms with van der Waals surface area (Å²) in [6.45, 7) is -0.285. The van der Waals surface area contributed by atoms with Crippen molar-refractivity contribution in [3.63, 3.8) is 0 Å². The number of rotatable bonds is 2. The maximum absolute atomic E-state index is 12.1. The Kier molecular flexibility index (Phi) is 4.83. The van der Waals surface area contributed by atoms with Crippen molar-refractivity contribution in [1.82, 2.24) is 0 Å². The highest BCUT2D eigenvalue weighted by Gasteiger charge is 2.09. The molecule has 4 nitrogen and oxygen atoms in total. The van der Waals surface area contributed by atoms with Crippen molar-refractivity contribution in [2.24, 2.45) is 0 Å². The highest BCUT2D eigenvalue weighted by Crippen LogP contribution is 2.21. The number of halogens is 1. The van der Waals surface area contributed by atoms with Crippen molar-refractivity contribution in [2.45, 2.75) is 0 Å². The number of nitrogens with one attached hydrogen (secondary N) is 1. The van der Waals surface area contributed by atoms with E-state index >= 15 is 0 Å². The van der Waals surface area contributed by atoms with Crippen LogP contribution >= 0.6 is 11.6 Å². The number of phenols is 1. The van der Waals surface area contributed by atoms with Gasteiger partial charge in [-0.2, -0.15) is 0 Å². The minimum absolute atomic E-state index is 0.0130. The average Bonchev–Trinajstić information content (AvgIpc) is 2.47. The lowest BCUT2D eigenvalue weighted by Crippen LogP contribution is -2.12. The van der Waals surface area contributed by atoms with Crippen LogP contribution in [-0.2, 0) is 0 Å². The number of hydrogen-bond donors (Lipinski definition) is 3. The second-order valence-corrected chi connectivity index (χ2v) is 4.59. The molecule has 0 saturated heterocycles. The molecule has 0 fully saturated rings. The molecule has 0 aliphatic carbocycles. The van der Waals surface area contributed by atoms with E-state index in [1.807, 2.05) is 0 Å². The van der Waals surface area contributed by atoms with Gasteiger partial charge in [-0.25, -0.2) is 0 Å². The Balaban J connectivity index is 2.29. The van der Waals surface area contributed by atoms with Gasteiger partial charge in [0.15, 0.2) is 0 Å². The van der Waals surface area contributed by atoms with Gasteiger partial charge >= 0.3 is 0 Å². The van der Waals surface area contributed by atoms with Gasteiger partial charge in [-0.3, -0.25) is 4.79 Å². The molecule has 0 saturated carbocycles. The number of phenolic OH excluding ortho intramolecular Hbond substituents is 1. The Morgan fingerprint density at radius 2 is 2.05 bits per heavy atom. The van der Waals surface area contributed by atoms with Gasteiger partial charge in [0.25, 0.3) is 5.91 Å². The van der Waals surface area contributed by atoms with Crippen LogP contribution in [0, 0.1) is 11.8 Å². The summed E-state index contributed by atoms with van der Waals surface area (Å²) in [4.78, 5) is 12.1. The van der Waals surface area contributed by atoms with E-state index in [4.69, 9.17) is 16.7 Å². The van der Waals surface area contributed by atoms with Gasteiger partial charge in [0, 0.05) is 16.1 Å². The van der Waals surface area contributed by atoms with Crippen molar-refractivity contribution in [1.29, 1.82) is 0 Å². The molecule has 2 aromatic rings. The standard InChI is InChI=1S/C16H12ClNO3/c17-13-6-7-15(11(9-13)4-2-8-19)18-16(21)12-3-1-5-14(20)10-12/h1,3,5-7,9-10,19-20H,8H2,(H,18,21). The van der Waals surface area contributed by atoms with Crippen LogP contribution in [0.25, 0.3) is 0 Å². The molecular formula is C16H12ClNO3. The van der Waals surface area contributed by atoms with E-state index in [1.165, 1.54) is 12.1 Å². The minimum atomic E-state index is -0.375. The Hall–Kier alpha value is -2.48. The van der Waals surface area contributed by atoms with Crippen molar-refractivity contribution < 1.29 is 15.0 Å². The highest BCUT2D eigenvalue weighted by atomic mass is 35.5. The molecule has 21 heavy (non-hydrogen) atoms. The molecule has 3 N–H and O–H groups in total. The molecule has 0 spiro atoms. The van der Waals surface area contributed by atoms with Crippen molar-refractivity contribution in [2.75, 3.05) is 11.9 Å². The monoisotopic (exact) mass is 301 g/mol. The van der Waals surface area contributed by atoms with E-state index < -0.39 is 0 Å². The normalized spacial score (nSPS) is 9.62. The molecule has 0 unspecified atom stereocenters. The van der Waals surface area contributed by atoms with E-state index in [9.17, 15) is 9.90 Å². The summed E-state index contributed by atoms with van der Waals surface area (Å²) in [5.74, 6) is 4.87.